The van der Waals surface area contributed by atoms with Crippen LogP contribution in [0, 0.1) is 0 Å². The summed E-state index contributed by atoms with van der Waals surface area (Å²) < 4.78 is 5.28. The first-order valence-electron chi connectivity index (χ1n) is 3.71. The molecule has 2 heterocycles. The van der Waals surface area contributed by atoms with Gasteiger partial charge in [0, 0.05) is 12.5 Å². The van der Waals surface area contributed by atoms with E-state index in [4.69, 9.17) is 4.42 Å². The summed E-state index contributed by atoms with van der Waals surface area (Å²) in [5, 5.41) is 3.30. The van der Waals surface area contributed by atoms with Gasteiger partial charge in [-0.15, -0.1) is 0 Å². The van der Waals surface area contributed by atoms with E-state index in [1.807, 2.05) is 6.07 Å². The summed E-state index contributed by atoms with van der Waals surface area (Å²) in [5.41, 5.74) is 0. The predicted octanol–water partition coefficient (Wildman–Crippen LogP) is 1.36. The van der Waals surface area contributed by atoms with Gasteiger partial charge in [-0.3, -0.25) is 0 Å². The minimum absolute atomic E-state index is 0.620. The predicted molar refractivity (Wildman–Crippen MR) is 38.9 cm³/mol. The van der Waals surface area contributed by atoms with Crippen LogP contribution in [0.3, 0.4) is 0 Å². The molecule has 1 aromatic heterocycles. The second-order valence-corrected chi connectivity index (χ2v) is 2.71. The Hall–Kier alpha value is -0.760. The average molecular weight is 137 g/mol. The van der Waals surface area contributed by atoms with Gasteiger partial charge < -0.3 is 9.73 Å². The Balaban J connectivity index is 2.12. The summed E-state index contributed by atoms with van der Waals surface area (Å²) in [6, 6.07) is 4.01. The van der Waals surface area contributed by atoms with Crippen molar-refractivity contribution in [3.63, 3.8) is 0 Å². The maximum atomic E-state index is 5.28. The highest BCUT2D eigenvalue weighted by Gasteiger charge is 2.18. The fourth-order valence-corrected chi connectivity index (χ4v) is 1.42. The van der Waals surface area contributed by atoms with E-state index in [0.717, 1.165) is 18.8 Å². The van der Waals surface area contributed by atoms with E-state index in [2.05, 4.69) is 11.4 Å². The highest BCUT2D eigenvalue weighted by Crippen LogP contribution is 2.21. The molecule has 1 aliphatic rings. The van der Waals surface area contributed by atoms with Crippen LogP contribution in [0.1, 0.15) is 18.1 Å². The normalized spacial score (nSPS) is 25.4. The summed E-state index contributed by atoms with van der Waals surface area (Å²) >= 11 is 0. The molecule has 1 N–H and O–H groups in total. The van der Waals surface area contributed by atoms with Crippen molar-refractivity contribution in [1.29, 1.82) is 0 Å². The Morgan fingerprint density at radius 2 is 2.60 bits per heavy atom. The lowest BCUT2D eigenvalue weighted by atomic mass is 10.1. The molecule has 0 saturated carbocycles. The smallest absolute Gasteiger partial charge is 0.108 e. The standard InChI is InChI=1S/C8H11NO/c1-2-8(10-5-1)7-3-4-9-6-7/h1-2,5,7,9H,3-4,6H2/t7-/m0/s1. The van der Waals surface area contributed by atoms with Crippen molar-refractivity contribution < 1.29 is 4.42 Å². The van der Waals surface area contributed by atoms with Gasteiger partial charge in [-0.2, -0.15) is 0 Å². The maximum Gasteiger partial charge on any atom is 0.108 e. The lowest BCUT2D eigenvalue weighted by Gasteiger charge is -2.01. The van der Waals surface area contributed by atoms with Gasteiger partial charge in [0.1, 0.15) is 5.76 Å². The Morgan fingerprint density at radius 3 is 3.20 bits per heavy atom. The molecule has 1 saturated heterocycles. The zero-order valence-corrected chi connectivity index (χ0v) is 5.84. The molecule has 1 aromatic rings. The third-order valence-corrected chi connectivity index (χ3v) is 2.01. The fraction of sp³-hybridized carbons (Fsp3) is 0.500. The van der Waals surface area contributed by atoms with Crippen molar-refractivity contribution in [2.24, 2.45) is 0 Å². The van der Waals surface area contributed by atoms with Crippen LogP contribution in [0.15, 0.2) is 22.8 Å². The number of hydrogen-bond donors (Lipinski definition) is 1. The van der Waals surface area contributed by atoms with Gasteiger partial charge in [0.2, 0.25) is 0 Å². The molecule has 1 aliphatic heterocycles. The highest BCUT2D eigenvalue weighted by molar-refractivity contribution is 5.07. The van der Waals surface area contributed by atoms with Crippen LogP contribution in [0.5, 0.6) is 0 Å². The summed E-state index contributed by atoms with van der Waals surface area (Å²) in [6.07, 6.45) is 2.96. The number of nitrogens with one attached hydrogen (secondary N) is 1. The molecule has 10 heavy (non-hydrogen) atoms. The van der Waals surface area contributed by atoms with Crippen molar-refractivity contribution in [2.75, 3.05) is 13.1 Å². The lowest BCUT2D eigenvalue weighted by Crippen LogP contribution is -2.07. The molecule has 0 unspecified atom stereocenters. The first kappa shape index (κ1) is 5.98. The fourth-order valence-electron chi connectivity index (χ4n) is 1.42. The zero-order valence-electron chi connectivity index (χ0n) is 5.84. The van der Waals surface area contributed by atoms with Crippen LogP contribution in [0.25, 0.3) is 0 Å². The minimum Gasteiger partial charge on any atom is -0.469 e. The summed E-state index contributed by atoms with van der Waals surface area (Å²) in [6.45, 7) is 2.21. The summed E-state index contributed by atoms with van der Waals surface area (Å²) in [4.78, 5) is 0. The van der Waals surface area contributed by atoms with E-state index in [0.29, 0.717) is 5.92 Å². The van der Waals surface area contributed by atoms with Crippen LogP contribution in [-0.4, -0.2) is 13.1 Å². The Kier molecular flexibility index (Phi) is 1.47. The Bertz CT molecular complexity index is 187. The van der Waals surface area contributed by atoms with Crippen molar-refractivity contribution in [1.82, 2.24) is 5.32 Å². The van der Waals surface area contributed by atoms with Gasteiger partial charge in [0.25, 0.3) is 0 Å². The van der Waals surface area contributed by atoms with E-state index >= 15 is 0 Å². The van der Waals surface area contributed by atoms with Crippen molar-refractivity contribution in [3.8, 4) is 0 Å². The lowest BCUT2D eigenvalue weighted by molar-refractivity contribution is 0.474. The van der Waals surface area contributed by atoms with Crippen LogP contribution < -0.4 is 5.32 Å². The molecule has 0 aromatic carbocycles. The molecular weight excluding hydrogens is 126 g/mol. The number of furan rings is 1. The molecule has 2 nitrogen and oxygen atoms in total. The van der Waals surface area contributed by atoms with E-state index in [1.165, 1.54) is 6.42 Å². The second kappa shape index (κ2) is 2.46. The van der Waals surface area contributed by atoms with Crippen LogP contribution in [0.4, 0.5) is 0 Å². The van der Waals surface area contributed by atoms with Crippen LogP contribution >= 0.6 is 0 Å². The van der Waals surface area contributed by atoms with Gasteiger partial charge in [0.05, 0.1) is 6.26 Å². The molecular formula is C8H11NO. The van der Waals surface area contributed by atoms with E-state index in [-0.39, 0.29) is 0 Å². The molecule has 2 heteroatoms. The summed E-state index contributed by atoms with van der Waals surface area (Å²) in [5.74, 6) is 1.75. The number of hydrogen-bond acceptors (Lipinski definition) is 2. The van der Waals surface area contributed by atoms with Crippen LogP contribution in [0.2, 0.25) is 0 Å². The molecule has 1 atom stereocenters. The first-order valence-corrected chi connectivity index (χ1v) is 3.71. The second-order valence-electron chi connectivity index (χ2n) is 2.71. The van der Waals surface area contributed by atoms with Crippen molar-refractivity contribution in [3.05, 3.63) is 24.2 Å². The monoisotopic (exact) mass is 137 g/mol. The van der Waals surface area contributed by atoms with Gasteiger partial charge in [-0.25, -0.2) is 0 Å². The van der Waals surface area contributed by atoms with Gasteiger partial charge >= 0.3 is 0 Å². The van der Waals surface area contributed by atoms with Crippen molar-refractivity contribution in [2.45, 2.75) is 12.3 Å². The molecule has 1 fully saturated rings. The number of rotatable bonds is 1. The summed E-state index contributed by atoms with van der Waals surface area (Å²) in [7, 11) is 0. The third-order valence-electron chi connectivity index (χ3n) is 2.01. The van der Waals surface area contributed by atoms with E-state index in [9.17, 15) is 0 Å². The average Bonchev–Trinajstić information content (AvgIpc) is 2.59. The molecule has 54 valence electrons. The van der Waals surface area contributed by atoms with Crippen molar-refractivity contribution >= 4 is 0 Å². The highest BCUT2D eigenvalue weighted by atomic mass is 16.3. The van der Waals surface area contributed by atoms with Crippen LogP contribution in [-0.2, 0) is 0 Å². The maximum absolute atomic E-state index is 5.28. The molecule has 0 radical (unpaired) electrons. The molecule has 0 bridgehead atoms. The quantitative estimate of drug-likeness (QED) is 0.632. The van der Waals surface area contributed by atoms with Gasteiger partial charge in [-0.1, -0.05) is 0 Å². The zero-order chi connectivity index (χ0) is 6.81. The largest absolute Gasteiger partial charge is 0.469 e. The Morgan fingerprint density at radius 1 is 1.60 bits per heavy atom. The SMILES string of the molecule is c1coc([C@H]2CCNC2)c1. The molecule has 2 rings (SSSR count). The topological polar surface area (TPSA) is 25.2 Å². The first-order chi connectivity index (χ1) is 4.97. The molecule has 0 spiro atoms. The van der Waals surface area contributed by atoms with Gasteiger partial charge in [0.15, 0.2) is 0 Å². The molecule has 0 amide bonds. The Labute approximate surface area is 60.2 Å². The van der Waals surface area contributed by atoms with E-state index in [1.54, 1.807) is 6.26 Å². The molecule has 0 aliphatic carbocycles. The van der Waals surface area contributed by atoms with Gasteiger partial charge in [-0.05, 0) is 25.1 Å². The third kappa shape index (κ3) is 0.948. The van der Waals surface area contributed by atoms with E-state index < -0.39 is 0 Å². The minimum atomic E-state index is 0.620.